The SMILES string of the molecule is Cc1ccc(-c2cc(C(=O)NCCn3nccc3C)n[nH]2)o1. The predicted octanol–water partition coefficient (Wildman–Crippen LogP) is 1.91. The molecule has 3 rings (SSSR count). The number of aryl methyl sites for hydroxylation is 2. The van der Waals surface area contributed by atoms with Gasteiger partial charge in [-0.05, 0) is 32.0 Å². The highest BCUT2D eigenvalue weighted by molar-refractivity contribution is 5.93. The molecule has 0 bridgehead atoms. The minimum Gasteiger partial charge on any atom is -0.460 e. The van der Waals surface area contributed by atoms with Gasteiger partial charge in [-0.1, -0.05) is 0 Å². The maximum Gasteiger partial charge on any atom is 0.271 e. The highest BCUT2D eigenvalue weighted by Crippen LogP contribution is 2.20. The monoisotopic (exact) mass is 299 g/mol. The molecule has 7 heteroatoms. The lowest BCUT2D eigenvalue weighted by Gasteiger charge is -2.05. The summed E-state index contributed by atoms with van der Waals surface area (Å²) in [6.07, 6.45) is 1.74. The third-order valence-corrected chi connectivity index (χ3v) is 3.35. The van der Waals surface area contributed by atoms with Crippen LogP contribution in [0.4, 0.5) is 0 Å². The number of aromatic nitrogens is 4. The fourth-order valence-corrected chi connectivity index (χ4v) is 2.14. The lowest BCUT2D eigenvalue weighted by Crippen LogP contribution is -2.28. The number of carbonyl (C=O) groups excluding carboxylic acids is 1. The number of amides is 1. The molecule has 0 fully saturated rings. The van der Waals surface area contributed by atoms with Gasteiger partial charge in [-0.15, -0.1) is 0 Å². The van der Waals surface area contributed by atoms with Crippen LogP contribution < -0.4 is 5.32 Å². The fourth-order valence-electron chi connectivity index (χ4n) is 2.14. The molecule has 3 aromatic rings. The molecule has 0 saturated heterocycles. The third kappa shape index (κ3) is 2.93. The van der Waals surface area contributed by atoms with Crippen LogP contribution in [0.2, 0.25) is 0 Å². The molecule has 2 N–H and O–H groups in total. The van der Waals surface area contributed by atoms with Gasteiger partial charge in [0.2, 0.25) is 0 Å². The van der Waals surface area contributed by atoms with Crippen molar-refractivity contribution in [2.75, 3.05) is 6.54 Å². The van der Waals surface area contributed by atoms with Gasteiger partial charge in [0.05, 0.1) is 6.54 Å². The largest absolute Gasteiger partial charge is 0.460 e. The Hall–Kier alpha value is -2.83. The van der Waals surface area contributed by atoms with E-state index in [-0.39, 0.29) is 5.91 Å². The Bertz CT molecular complexity index is 783. The first kappa shape index (κ1) is 14.1. The highest BCUT2D eigenvalue weighted by Gasteiger charge is 2.12. The first-order valence-electron chi connectivity index (χ1n) is 7.02. The molecule has 1 amide bonds. The van der Waals surface area contributed by atoms with Crippen LogP contribution >= 0.6 is 0 Å². The number of carbonyl (C=O) groups is 1. The van der Waals surface area contributed by atoms with Crippen molar-refractivity contribution in [2.45, 2.75) is 20.4 Å². The fraction of sp³-hybridized carbons (Fsp3) is 0.267. The zero-order valence-corrected chi connectivity index (χ0v) is 12.5. The lowest BCUT2D eigenvalue weighted by molar-refractivity contribution is 0.0947. The van der Waals surface area contributed by atoms with Crippen LogP contribution in [-0.4, -0.2) is 32.4 Å². The van der Waals surface area contributed by atoms with Gasteiger partial charge in [-0.2, -0.15) is 10.2 Å². The van der Waals surface area contributed by atoms with Crippen molar-refractivity contribution in [3.63, 3.8) is 0 Å². The number of furan rings is 1. The van der Waals surface area contributed by atoms with Gasteiger partial charge in [0.1, 0.15) is 11.5 Å². The minimum atomic E-state index is -0.226. The van der Waals surface area contributed by atoms with Crippen LogP contribution in [0.25, 0.3) is 11.5 Å². The Labute approximate surface area is 127 Å². The van der Waals surface area contributed by atoms with Crippen molar-refractivity contribution in [1.82, 2.24) is 25.3 Å². The maximum absolute atomic E-state index is 12.1. The van der Waals surface area contributed by atoms with Crippen LogP contribution in [-0.2, 0) is 6.54 Å². The predicted molar refractivity (Wildman–Crippen MR) is 80.3 cm³/mol. The second kappa shape index (κ2) is 5.88. The molecule has 22 heavy (non-hydrogen) atoms. The zero-order valence-electron chi connectivity index (χ0n) is 12.5. The Morgan fingerprint density at radius 3 is 2.91 bits per heavy atom. The molecule has 114 valence electrons. The van der Waals surface area contributed by atoms with E-state index in [1.807, 2.05) is 36.7 Å². The van der Waals surface area contributed by atoms with Crippen LogP contribution in [0.5, 0.6) is 0 Å². The number of rotatable bonds is 5. The summed E-state index contributed by atoms with van der Waals surface area (Å²) in [7, 11) is 0. The summed E-state index contributed by atoms with van der Waals surface area (Å²) < 4.78 is 7.33. The zero-order chi connectivity index (χ0) is 15.5. The molecule has 0 spiro atoms. The van der Waals surface area contributed by atoms with Crippen molar-refractivity contribution in [2.24, 2.45) is 0 Å². The first-order chi connectivity index (χ1) is 10.6. The van der Waals surface area contributed by atoms with E-state index in [1.54, 1.807) is 12.3 Å². The number of hydrogen-bond acceptors (Lipinski definition) is 4. The summed E-state index contributed by atoms with van der Waals surface area (Å²) in [6.45, 7) is 4.95. The highest BCUT2D eigenvalue weighted by atomic mass is 16.3. The lowest BCUT2D eigenvalue weighted by atomic mass is 10.3. The Balaban J connectivity index is 1.59. The Morgan fingerprint density at radius 1 is 1.36 bits per heavy atom. The van der Waals surface area contributed by atoms with Gasteiger partial charge in [-0.3, -0.25) is 14.6 Å². The number of hydrogen-bond donors (Lipinski definition) is 2. The normalized spacial score (nSPS) is 10.8. The second-order valence-electron chi connectivity index (χ2n) is 5.03. The van der Waals surface area contributed by atoms with Crippen LogP contribution in [0, 0.1) is 13.8 Å². The van der Waals surface area contributed by atoms with E-state index in [0.29, 0.717) is 30.2 Å². The van der Waals surface area contributed by atoms with Crippen molar-refractivity contribution < 1.29 is 9.21 Å². The summed E-state index contributed by atoms with van der Waals surface area (Å²) in [6, 6.07) is 7.30. The van der Waals surface area contributed by atoms with E-state index in [2.05, 4.69) is 20.6 Å². The van der Waals surface area contributed by atoms with Gasteiger partial charge >= 0.3 is 0 Å². The van der Waals surface area contributed by atoms with E-state index in [4.69, 9.17) is 4.42 Å². The van der Waals surface area contributed by atoms with Crippen molar-refractivity contribution in [3.05, 3.63) is 47.6 Å². The standard InChI is InChI=1S/C15H17N5O2/c1-10-5-6-17-20(10)8-7-16-15(21)13-9-12(18-19-13)14-4-3-11(2)22-14/h3-6,9H,7-8H2,1-2H3,(H,16,21)(H,18,19). The molecule has 3 heterocycles. The molecular weight excluding hydrogens is 282 g/mol. The summed E-state index contributed by atoms with van der Waals surface area (Å²) in [5, 5.41) is 13.8. The van der Waals surface area contributed by atoms with Crippen LogP contribution in [0.15, 0.2) is 34.9 Å². The molecular formula is C15H17N5O2. The van der Waals surface area contributed by atoms with E-state index >= 15 is 0 Å². The summed E-state index contributed by atoms with van der Waals surface area (Å²) in [5.74, 6) is 1.25. The first-order valence-corrected chi connectivity index (χ1v) is 7.02. The topological polar surface area (TPSA) is 88.7 Å². The van der Waals surface area contributed by atoms with E-state index in [9.17, 15) is 4.79 Å². The van der Waals surface area contributed by atoms with Crippen molar-refractivity contribution in [1.29, 1.82) is 0 Å². The molecule has 7 nitrogen and oxygen atoms in total. The van der Waals surface area contributed by atoms with Crippen LogP contribution in [0.3, 0.4) is 0 Å². The Kier molecular flexibility index (Phi) is 3.78. The summed E-state index contributed by atoms with van der Waals surface area (Å²) in [4.78, 5) is 12.1. The van der Waals surface area contributed by atoms with Crippen molar-refractivity contribution >= 4 is 5.91 Å². The smallest absolute Gasteiger partial charge is 0.271 e. The van der Waals surface area contributed by atoms with Gasteiger partial charge in [0.15, 0.2) is 11.5 Å². The number of aromatic amines is 1. The maximum atomic E-state index is 12.1. The quantitative estimate of drug-likeness (QED) is 0.753. The van der Waals surface area contributed by atoms with Gasteiger partial charge < -0.3 is 9.73 Å². The number of nitrogens with one attached hydrogen (secondary N) is 2. The molecule has 0 unspecified atom stereocenters. The van der Waals surface area contributed by atoms with Gasteiger partial charge in [-0.25, -0.2) is 0 Å². The molecule has 0 aliphatic carbocycles. The van der Waals surface area contributed by atoms with Gasteiger partial charge in [0, 0.05) is 24.5 Å². The molecule has 0 aliphatic rings. The third-order valence-electron chi connectivity index (χ3n) is 3.35. The van der Waals surface area contributed by atoms with E-state index in [1.165, 1.54) is 0 Å². The van der Waals surface area contributed by atoms with Crippen LogP contribution in [0.1, 0.15) is 21.9 Å². The van der Waals surface area contributed by atoms with Crippen molar-refractivity contribution in [3.8, 4) is 11.5 Å². The van der Waals surface area contributed by atoms with Gasteiger partial charge in [0.25, 0.3) is 5.91 Å². The van der Waals surface area contributed by atoms with E-state index < -0.39 is 0 Å². The summed E-state index contributed by atoms with van der Waals surface area (Å²) in [5.41, 5.74) is 2.08. The molecule has 3 aromatic heterocycles. The average Bonchev–Trinajstić information content (AvgIpc) is 3.20. The number of H-pyrrole nitrogens is 1. The minimum absolute atomic E-state index is 0.226. The Morgan fingerprint density at radius 2 is 2.23 bits per heavy atom. The number of nitrogens with zero attached hydrogens (tertiary/aromatic N) is 3. The second-order valence-corrected chi connectivity index (χ2v) is 5.03. The molecule has 0 saturated carbocycles. The summed E-state index contributed by atoms with van der Waals surface area (Å²) >= 11 is 0. The van der Waals surface area contributed by atoms with E-state index in [0.717, 1.165) is 11.5 Å². The molecule has 0 radical (unpaired) electrons. The molecule has 0 atom stereocenters. The molecule has 0 aromatic carbocycles. The average molecular weight is 299 g/mol. The molecule has 0 aliphatic heterocycles.